The molecule has 1 aliphatic heterocycles. The second-order valence-electron chi connectivity index (χ2n) is 10.4. The zero-order valence-corrected chi connectivity index (χ0v) is 22.1. The van der Waals surface area contributed by atoms with Gasteiger partial charge in [-0.15, -0.1) is 0 Å². The number of anilines is 2. The number of benzene rings is 2. The molecule has 2 aromatic carbocycles. The molecule has 0 spiro atoms. The van der Waals surface area contributed by atoms with Gasteiger partial charge >= 0.3 is 5.97 Å². The van der Waals surface area contributed by atoms with E-state index >= 15 is 0 Å². The standard InChI is InChI=1S/C29H39N3O2S/c1-20(2)18-32(24-12-8-5-9-13-24)27-15-14-23(21(3)16-28(33)34)17-25(27)30-29-31-26(19-35-29)22-10-6-4-7-11-22/h4,6-7,10-11,14-15,17,20-21,24,26H,5,8-9,12-13,16,18-19H2,1-3H3,(H,30,31)(H,33,34)/t21?,26-/m0/s1. The van der Waals surface area contributed by atoms with Crippen molar-refractivity contribution in [3.8, 4) is 0 Å². The average Bonchev–Trinajstić information content (AvgIpc) is 3.32. The van der Waals surface area contributed by atoms with Gasteiger partial charge in [0.2, 0.25) is 0 Å². The summed E-state index contributed by atoms with van der Waals surface area (Å²) >= 11 is 1.76. The molecule has 2 aliphatic rings. The average molecular weight is 494 g/mol. The molecule has 0 bridgehead atoms. The zero-order valence-electron chi connectivity index (χ0n) is 21.2. The van der Waals surface area contributed by atoms with Gasteiger partial charge in [0.15, 0.2) is 5.17 Å². The molecule has 35 heavy (non-hydrogen) atoms. The SMILES string of the molecule is CC(C)CN(c1ccc(C(C)CC(=O)O)cc1NC1=N[C@H](c2ccccc2)CS1)C1CCCCC1. The van der Waals surface area contributed by atoms with Gasteiger partial charge in [0.05, 0.1) is 23.8 Å². The van der Waals surface area contributed by atoms with E-state index < -0.39 is 5.97 Å². The third-order valence-corrected chi connectivity index (χ3v) is 8.00. The Kier molecular flexibility index (Phi) is 8.77. The first-order valence-electron chi connectivity index (χ1n) is 13.1. The predicted molar refractivity (Wildman–Crippen MR) is 149 cm³/mol. The largest absolute Gasteiger partial charge is 0.481 e. The highest BCUT2D eigenvalue weighted by atomic mass is 32.2. The summed E-state index contributed by atoms with van der Waals surface area (Å²) in [6, 6.07) is 17.7. The number of nitrogens with one attached hydrogen (secondary N) is 1. The Morgan fingerprint density at radius 2 is 1.86 bits per heavy atom. The van der Waals surface area contributed by atoms with Gasteiger partial charge < -0.3 is 15.3 Å². The van der Waals surface area contributed by atoms with E-state index in [0.717, 1.165) is 28.7 Å². The van der Waals surface area contributed by atoms with Gasteiger partial charge in [0, 0.05) is 18.3 Å². The number of aliphatic carboxylic acids is 1. The van der Waals surface area contributed by atoms with Gasteiger partial charge in [-0.3, -0.25) is 9.79 Å². The van der Waals surface area contributed by atoms with Crippen LogP contribution in [0, 0.1) is 5.92 Å². The van der Waals surface area contributed by atoms with Crippen LogP contribution in [0.1, 0.15) is 82.4 Å². The van der Waals surface area contributed by atoms with Crippen molar-refractivity contribution in [1.29, 1.82) is 0 Å². The lowest BCUT2D eigenvalue weighted by molar-refractivity contribution is -0.137. The highest BCUT2D eigenvalue weighted by molar-refractivity contribution is 8.14. The molecule has 0 amide bonds. The molecule has 2 atom stereocenters. The number of carboxylic acids is 1. The van der Waals surface area contributed by atoms with Gasteiger partial charge in [-0.1, -0.05) is 88.2 Å². The van der Waals surface area contributed by atoms with Crippen molar-refractivity contribution in [3.63, 3.8) is 0 Å². The summed E-state index contributed by atoms with van der Waals surface area (Å²) in [5.41, 5.74) is 4.55. The zero-order chi connectivity index (χ0) is 24.8. The maximum Gasteiger partial charge on any atom is 0.303 e. The van der Waals surface area contributed by atoms with E-state index in [1.54, 1.807) is 11.8 Å². The summed E-state index contributed by atoms with van der Waals surface area (Å²) in [7, 11) is 0. The Balaban J connectivity index is 1.67. The summed E-state index contributed by atoms with van der Waals surface area (Å²) in [4.78, 5) is 19.0. The first kappa shape index (κ1) is 25.6. The fourth-order valence-corrected chi connectivity index (χ4v) is 6.19. The van der Waals surface area contributed by atoms with E-state index in [1.807, 2.05) is 13.0 Å². The number of thioether (sulfide) groups is 1. The number of hydrogen-bond acceptors (Lipinski definition) is 5. The van der Waals surface area contributed by atoms with Crippen LogP contribution < -0.4 is 10.2 Å². The van der Waals surface area contributed by atoms with E-state index in [0.29, 0.717) is 12.0 Å². The molecular formula is C29H39N3O2S. The molecule has 1 fully saturated rings. The van der Waals surface area contributed by atoms with Crippen LogP contribution in [0.25, 0.3) is 0 Å². The third-order valence-electron chi connectivity index (χ3n) is 7.03. The molecule has 4 rings (SSSR count). The maximum absolute atomic E-state index is 11.4. The lowest BCUT2D eigenvalue weighted by Gasteiger charge is -2.38. The molecule has 188 valence electrons. The molecule has 5 nitrogen and oxygen atoms in total. The topological polar surface area (TPSA) is 64.9 Å². The molecular weight excluding hydrogens is 454 g/mol. The summed E-state index contributed by atoms with van der Waals surface area (Å²) in [5.74, 6) is 0.664. The van der Waals surface area contributed by atoms with Gasteiger partial charge in [0.1, 0.15) is 0 Å². The quantitative estimate of drug-likeness (QED) is 0.383. The van der Waals surface area contributed by atoms with Gasteiger partial charge in [0.25, 0.3) is 0 Å². The van der Waals surface area contributed by atoms with Crippen molar-refractivity contribution in [2.75, 3.05) is 22.5 Å². The van der Waals surface area contributed by atoms with E-state index in [4.69, 9.17) is 4.99 Å². The van der Waals surface area contributed by atoms with Crippen LogP contribution >= 0.6 is 11.8 Å². The van der Waals surface area contributed by atoms with Crippen LogP contribution in [0.2, 0.25) is 0 Å². The summed E-state index contributed by atoms with van der Waals surface area (Å²) in [5, 5.41) is 14.0. The van der Waals surface area contributed by atoms with Gasteiger partial charge in [-0.2, -0.15) is 0 Å². The van der Waals surface area contributed by atoms with E-state index in [1.165, 1.54) is 43.4 Å². The second-order valence-corrected chi connectivity index (χ2v) is 11.4. The Bertz CT molecular complexity index is 1020. The molecule has 1 unspecified atom stereocenters. The predicted octanol–water partition coefficient (Wildman–Crippen LogP) is 7.32. The van der Waals surface area contributed by atoms with Crippen molar-refractivity contribution >= 4 is 34.3 Å². The smallest absolute Gasteiger partial charge is 0.303 e. The fourth-order valence-electron chi connectivity index (χ4n) is 5.22. The summed E-state index contributed by atoms with van der Waals surface area (Å²) in [6.45, 7) is 7.57. The molecule has 0 radical (unpaired) electrons. The van der Waals surface area contributed by atoms with E-state index in [9.17, 15) is 9.90 Å². The van der Waals surface area contributed by atoms with Crippen molar-refractivity contribution in [1.82, 2.24) is 0 Å². The molecule has 0 aromatic heterocycles. The lowest BCUT2D eigenvalue weighted by Crippen LogP contribution is -2.39. The second kappa shape index (κ2) is 12.0. The molecule has 6 heteroatoms. The van der Waals surface area contributed by atoms with Gasteiger partial charge in [-0.25, -0.2) is 0 Å². The highest BCUT2D eigenvalue weighted by Crippen LogP contribution is 2.38. The Labute approximate surface area is 214 Å². The molecule has 2 aromatic rings. The minimum Gasteiger partial charge on any atom is -0.481 e. The van der Waals surface area contributed by atoms with Crippen LogP contribution in [0.5, 0.6) is 0 Å². The number of carbonyl (C=O) groups is 1. The summed E-state index contributed by atoms with van der Waals surface area (Å²) in [6.07, 6.45) is 6.50. The first-order chi connectivity index (χ1) is 16.9. The third kappa shape index (κ3) is 6.81. The molecule has 1 heterocycles. The normalized spacial score (nSPS) is 19.4. The van der Waals surface area contributed by atoms with Crippen LogP contribution in [0.4, 0.5) is 11.4 Å². The Hall–Kier alpha value is -2.47. The summed E-state index contributed by atoms with van der Waals surface area (Å²) < 4.78 is 0. The van der Waals surface area contributed by atoms with Crippen LogP contribution in [0.3, 0.4) is 0 Å². The highest BCUT2D eigenvalue weighted by Gasteiger charge is 2.26. The van der Waals surface area contributed by atoms with Crippen molar-refractivity contribution in [2.45, 2.75) is 77.3 Å². The number of carboxylic acid groups (broad SMARTS) is 1. The number of aliphatic imine (C=N–C) groups is 1. The van der Waals surface area contributed by atoms with Crippen molar-refractivity contribution < 1.29 is 9.90 Å². The fraction of sp³-hybridized carbons (Fsp3) is 0.517. The number of hydrogen-bond donors (Lipinski definition) is 2. The maximum atomic E-state index is 11.4. The van der Waals surface area contributed by atoms with Crippen LogP contribution in [-0.2, 0) is 4.79 Å². The molecule has 0 saturated heterocycles. The van der Waals surface area contributed by atoms with Crippen LogP contribution in [0.15, 0.2) is 53.5 Å². The van der Waals surface area contributed by atoms with Crippen molar-refractivity contribution in [3.05, 3.63) is 59.7 Å². The Morgan fingerprint density at radius 1 is 1.11 bits per heavy atom. The van der Waals surface area contributed by atoms with Crippen LogP contribution in [-0.4, -0.2) is 34.6 Å². The number of amidine groups is 1. The number of rotatable bonds is 9. The minimum atomic E-state index is -0.763. The van der Waals surface area contributed by atoms with Crippen molar-refractivity contribution in [2.24, 2.45) is 10.9 Å². The number of nitrogens with zero attached hydrogens (tertiary/aromatic N) is 2. The molecule has 1 saturated carbocycles. The van der Waals surface area contributed by atoms with E-state index in [2.05, 4.69) is 66.5 Å². The first-order valence-corrected chi connectivity index (χ1v) is 14.0. The van der Waals surface area contributed by atoms with Gasteiger partial charge in [-0.05, 0) is 47.9 Å². The monoisotopic (exact) mass is 493 g/mol. The minimum absolute atomic E-state index is 0.0504. The lowest BCUT2D eigenvalue weighted by atomic mass is 9.92. The molecule has 2 N–H and O–H groups in total. The van der Waals surface area contributed by atoms with E-state index in [-0.39, 0.29) is 18.4 Å². The molecule has 1 aliphatic carbocycles. The Morgan fingerprint density at radius 3 is 2.54 bits per heavy atom.